The minimum Gasteiger partial charge on any atom is -0.312 e. The first kappa shape index (κ1) is 11.5. The third kappa shape index (κ3) is 5.76. The lowest BCUT2D eigenvalue weighted by atomic mass is 10.3. The first-order valence-corrected chi connectivity index (χ1v) is 6.11. The van der Waals surface area contributed by atoms with Gasteiger partial charge in [0.1, 0.15) is 0 Å². The van der Waals surface area contributed by atoms with Crippen LogP contribution in [0.1, 0.15) is 40.5 Å². The molecule has 0 N–H and O–H groups in total. The normalized spacial score (nSPS) is 14.9. The van der Waals surface area contributed by atoms with E-state index in [1.54, 1.807) is 0 Å². The molecule has 0 aromatic heterocycles. The van der Waals surface area contributed by atoms with E-state index in [1.165, 1.54) is 6.42 Å². The smallest absolute Gasteiger partial charge is 0.0617 e. The van der Waals surface area contributed by atoms with E-state index in [0.29, 0.717) is 0 Å². The van der Waals surface area contributed by atoms with Gasteiger partial charge < -0.3 is 4.18 Å². The van der Waals surface area contributed by atoms with Crippen LogP contribution in [0, 0.1) is 0 Å². The van der Waals surface area contributed by atoms with Gasteiger partial charge in [-0.05, 0) is 38.4 Å². The average Bonchev–Trinajstić information content (AvgIpc) is 1.86. The lowest BCUT2D eigenvalue weighted by Crippen LogP contribution is -2.22. The summed E-state index contributed by atoms with van der Waals surface area (Å²) in [6, 6.07) is 0. The molecule has 1 unspecified atom stereocenters. The van der Waals surface area contributed by atoms with Crippen molar-refractivity contribution in [2.75, 3.05) is 6.61 Å². The van der Waals surface area contributed by atoms with Gasteiger partial charge in [-0.1, -0.05) is 13.3 Å². The van der Waals surface area contributed by atoms with E-state index < -0.39 is 0 Å². The fraction of sp³-hybridized carbons (Fsp3) is 1.00. The maximum Gasteiger partial charge on any atom is 0.0617 e. The molecule has 0 aliphatic heterocycles. The van der Waals surface area contributed by atoms with E-state index in [0.717, 1.165) is 13.0 Å². The molecular formula is C8H18OS2. The van der Waals surface area contributed by atoms with Gasteiger partial charge in [0.05, 0.1) is 6.61 Å². The Morgan fingerprint density at radius 2 is 1.91 bits per heavy atom. The molecule has 0 heterocycles. The van der Waals surface area contributed by atoms with Gasteiger partial charge in [0.15, 0.2) is 0 Å². The third-order valence-corrected chi connectivity index (χ3v) is 4.36. The molecule has 11 heavy (non-hydrogen) atoms. The van der Waals surface area contributed by atoms with Gasteiger partial charge in [-0.15, -0.1) is 0 Å². The van der Waals surface area contributed by atoms with Crippen LogP contribution in [-0.2, 0) is 25.1 Å². The van der Waals surface area contributed by atoms with Gasteiger partial charge >= 0.3 is 0 Å². The maximum atomic E-state index is 5.49. The van der Waals surface area contributed by atoms with Crippen LogP contribution in [-0.4, -0.2) is 11.4 Å². The Hall–Kier alpha value is 0.530. The lowest BCUT2D eigenvalue weighted by molar-refractivity contribution is 0.350. The molecule has 0 amide bonds. The van der Waals surface area contributed by atoms with Gasteiger partial charge in [0.2, 0.25) is 0 Å². The molecule has 0 bridgehead atoms. The van der Waals surface area contributed by atoms with Crippen molar-refractivity contribution in [2.24, 2.45) is 0 Å². The molecule has 0 aliphatic rings. The highest BCUT2D eigenvalue weighted by Crippen LogP contribution is 2.13. The quantitative estimate of drug-likeness (QED) is 0.636. The molecular weight excluding hydrogens is 176 g/mol. The van der Waals surface area contributed by atoms with E-state index in [1.807, 2.05) is 0 Å². The van der Waals surface area contributed by atoms with Crippen LogP contribution in [0.25, 0.3) is 0 Å². The first-order valence-electron chi connectivity index (χ1n) is 4.03. The predicted molar refractivity (Wildman–Crippen MR) is 55.3 cm³/mol. The van der Waals surface area contributed by atoms with Crippen molar-refractivity contribution >= 4 is 20.9 Å². The Balaban J connectivity index is 3.54. The summed E-state index contributed by atoms with van der Waals surface area (Å²) >= 11 is 5.19. The SMILES string of the molecule is CCCCOS(=S)C(C)(C)C. The fourth-order valence-electron chi connectivity index (χ4n) is 0.456. The highest BCUT2D eigenvalue weighted by molar-refractivity contribution is 8.26. The number of hydrogen-bond donors (Lipinski definition) is 0. The van der Waals surface area contributed by atoms with Crippen molar-refractivity contribution in [1.82, 2.24) is 0 Å². The zero-order valence-electron chi connectivity index (χ0n) is 7.85. The summed E-state index contributed by atoms with van der Waals surface area (Å²) in [6.07, 6.45) is 2.30. The maximum absolute atomic E-state index is 5.49. The van der Waals surface area contributed by atoms with Crippen LogP contribution >= 0.6 is 0 Å². The molecule has 0 rings (SSSR count). The Kier molecular flexibility index (Phi) is 5.48. The van der Waals surface area contributed by atoms with Crippen molar-refractivity contribution in [2.45, 2.75) is 45.3 Å². The molecule has 0 aromatic rings. The topological polar surface area (TPSA) is 9.23 Å². The standard InChI is InChI=1S/C8H18OS2/c1-5-6-7-9-11(10)8(2,3)4/h5-7H2,1-4H3. The van der Waals surface area contributed by atoms with Gasteiger partial charge in [-0.25, -0.2) is 0 Å². The summed E-state index contributed by atoms with van der Waals surface area (Å²) in [5.74, 6) is 0. The van der Waals surface area contributed by atoms with E-state index >= 15 is 0 Å². The monoisotopic (exact) mass is 194 g/mol. The van der Waals surface area contributed by atoms with E-state index in [4.69, 9.17) is 15.4 Å². The highest BCUT2D eigenvalue weighted by atomic mass is 32.8. The summed E-state index contributed by atoms with van der Waals surface area (Å²) in [6.45, 7) is 9.33. The van der Waals surface area contributed by atoms with Crippen LogP contribution in [0.2, 0.25) is 0 Å². The second-order valence-electron chi connectivity index (χ2n) is 3.52. The van der Waals surface area contributed by atoms with Crippen molar-refractivity contribution in [3.63, 3.8) is 0 Å². The molecule has 68 valence electrons. The molecule has 0 aromatic carbocycles. The average molecular weight is 194 g/mol. The molecule has 0 radical (unpaired) electrons. The van der Waals surface area contributed by atoms with Gasteiger partial charge in [0, 0.05) is 14.5 Å². The molecule has 0 saturated heterocycles. The molecule has 3 heteroatoms. The van der Waals surface area contributed by atoms with Crippen LogP contribution in [0.3, 0.4) is 0 Å². The van der Waals surface area contributed by atoms with E-state index in [-0.39, 0.29) is 14.5 Å². The Labute approximate surface area is 77.3 Å². The summed E-state index contributed by atoms with van der Waals surface area (Å²) < 4.78 is 5.62. The van der Waals surface area contributed by atoms with Crippen LogP contribution in [0.4, 0.5) is 0 Å². The third-order valence-electron chi connectivity index (χ3n) is 1.19. The Bertz CT molecular complexity index is 127. The van der Waals surface area contributed by atoms with Crippen molar-refractivity contribution in [3.05, 3.63) is 0 Å². The summed E-state index contributed by atoms with van der Waals surface area (Å²) in [5.41, 5.74) is 0. The largest absolute Gasteiger partial charge is 0.312 e. The molecule has 1 nitrogen and oxygen atoms in total. The summed E-state index contributed by atoms with van der Waals surface area (Å²) in [4.78, 5) is 0. The number of unbranched alkanes of at least 4 members (excludes halogenated alkanes) is 1. The second kappa shape index (κ2) is 5.22. The second-order valence-corrected chi connectivity index (χ2v) is 6.36. The molecule has 0 spiro atoms. The van der Waals surface area contributed by atoms with Crippen LogP contribution in [0.15, 0.2) is 0 Å². The van der Waals surface area contributed by atoms with Crippen LogP contribution in [0.5, 0.6) is 0 Å². The summed E-state index contributed by atoms with van der Waals surface area (Å²) in [5, 5.41) is 0. The number of rotatable bonds is 4. The lowest BCUT2D eigenvalue weighted by Gasteiger charge is -2.20. The van der Waals surface area contributed by atoms with Crippen molar-refractivity contribution in [3.8, 4) is 0 Å². The fourth-order valence-corrected chi connectivity index (χ4v) is 1.28. The Morgan fingerprint density at radius 1 is 1.36 bits per heavy atom. The summed E-state index contributed by atoms with van der Waals surface area (Å²) in [7, 11) is -0.305. The number of hydrogen-bond acceptors (Lipinski definition) is 2. The minimum atomic E-state index is -0.305. The predicted octanol–water partition coefficient (Wildman–Crippen LogP) is 2.60. The van der Waals surface area contributed by atoms with E-state index in [9.17, 15) is 0 Å². The van der Waals surface area contributed by atoms with Crippen molar-refractivity contribution < 1.29 is 4.18 Å². The molecule has 0 aliphatic carbocycles. The van der Waals surface area contributed by atoms with Gasteiger partial charge in [-0.3, -0.25) is 0 Å². The minimum absolute atomic E-state index is 0.128. The molecule has 0 fully saturated rings. The zero-order valence-corrected chi connectivity index (χ0v) is 9.48. The van der Waals surface area contributed by atoms with Gasteiger partial charge in [-0.2, -0.15) is 0 Å². The molecule has 0 saturated carbocycles. The van der Waals surface area contributed by atoms with E-state index in [2.05, 4.69) is 27.7 Å². The van der Waals surface area contributed by atoms with Crippen molar-refractivity contribution in [1.29, 1.82) is 0 Å². The van der Waals surface area contributed by atoms with Crippen LogP contribution < -0.4 is 0 Å². The highest BCUT2D eigenvalue weighted by Gasteiger charge is 2.15. The van der Waals surface area contributed by atoms with Gasteiger partial charge in [0.25, 0.3) is 0 Å². The zero-order chi connectivity index (χ0) is 8.91. The Morgan fingerprint density at radius 3 is 2.27 bits per heavy atom. The molecule has 1 atom stereocenters. The first-order chi connectivity index (χ1) is 4.98.